The van der Waals surface area contributed by atoms with Gasteiger partial charge in [-0.05, 0) is 70.4 Å². The lowest BCUT2D eigenvalue weighted by Crippen LogP contribution is -2.45. The molecule has 0 spiro atoms. The number of benzene rings is 2. The second kappa shape index (κ2) is 14.3. The van der Waals surface area contributed by atoms with Crippen molar-refractivity contribution in [1.82, 2.24) is 0 Å². The average molecular weight is 855 g/mol. The normalized spacial score (nSPS) is 13.7. The molecule has 0 amide bonds. The largest absolute Gasteiger partial charge is 0.345 e. The molecule has 6 nitrogen and oxygen atoms in total. The van der Waals surface area contributed by atoms with Crippen LogP contribution in [0.15, 0.2) is 130 Å². The highest BCUT2D eigenvalue weighted by atomic mass is 36.5. The molecule has 4 aliphatic rings. The zero-order valence-corrected chi connectivity index (χ0v) is 34.3. The van der Waals surface area contributed by atoms with Gasteiger partial charge in [-0.2, -0.15) is 0 Å². The minimum Gasteiger partial charge on any atom is -0.250 e. The van der Waals surface area contributed by atoms with Crippen molar-refractivity contribution in [1.29, 1.82) is 0 Å². The van der Waals surface area contributed by atoms with Crippen LogP contribution in [0.3, 0.4) is 0 Å². The van der Waals surface area contributed by atoms with E-state index in [4.69, 9.17) is 9.98 Å². The number of hydrogen-bond acceptors (Lipinski definition) is 5. The lowest BCUT2D eigenvalue weighted by Gasteiger charge is -2.01. The first-order valence-corrected chi connectivity index (χ1v) is 22.3. The molecule has 0 bridgehead atoms. The Morgan fingerprint density at radius 3 is 1.33 bits per heavy atom. The van der Waals surface area contributed by atoms with Gasteiger partial charge in [0.1, 0.15) is 0 Å². The van der Waals surface area contributed by atoms with Crippen molar-refractivity contribution in [3.63, 3.8) is 0 Å². The number of aromatic nitrogens is 4. The Morgan fingerprint density at radius 2 is 0.855 bits per heavy atom. The van der Waals surface area contributed by atoms with Crippen LogP contribution in [0.1, 0.15) is 20.9 Å². The summed E-state index contributed by atoms with van der Waals surface area (Å²) in [5.74, 6) is 0. The molecule has 4 aliphatic heterocycles. The smallest absolute Gasteiger partial charge is 0.250 e. The topological polar surface area (TPSA) is 40.2 Å². The van der Waals surface area contributed by atoms with Crippen LogP contribution in [0.4, 0.5) is 11.4 Å². The van der Waals surface area contributed by atoms with Crippen molar-refractivity contribution in [2.24, 2.45) is 9.98 Å². The molecule has 9 aromatic rings. The van der Waals surface area contributed by atoms with E-state index in [1.807, 2.05) is 11.3 Å². The predicted octanol–water partition coefficient (Wildman–Crippen LogP) is 10.7. The van der Waals surface area contributed by atoms with Gasteiger partial charge in [0.25, 0.3) is 22.1 Å². The summed E-state index contributed by atoms with van der Waals surface area (Å²) < 4.78 is 9.37. The number of pyridine rings is 4. The van der Waals surface area contributed by atoms with Crippen molar-refractivity contribution < 1.29 is 18.3 Å². The second-order valence-corrected chi connectivity index (χ2v) is 16.5. The van der Waals surface area contributed by atoms with Gasteiger partial charge in [-0.1, -0.05) is 12.1 Å². The Balaban J connectivity index is 0.000000126. The summed E-state index contributed by atoms with van der Waals surface area (Å²) in [4.78, 5) is 15.4. The Bertz CT molecular complexity index is 3050. The summed E-state index contributed by atoms with van der Waals surface area (Å²) in [7, 11) is 16.4. The van der Waals surface area contributed by atoms with Crippen LogP contribution in [0.2, 0.25) is 0 Å². The van der Waals surface area contributed by atoms with Gasteiger partial charge in [0, 0.05) is 100 Å². The molecule has 0 N–H and O–H groups in total. The van der Waals surface area contributed by atoms with E-state index in [-0.39, 0.29) is 0 Å². The number of halogens is 4. The predicted molar refractivity (Wildman–Crippen MR) is 230 cm³/mol. The molecule has 13 rings (SSSR count). The van der Waals surface area contributed by atoms with Gasteiger partial charge in [0.05, 0.1) is 44.3 Å². The number of fused-ring (bicyclic) bond motifs is 6. The van der Waals surface area contributed by atoms with Crippen LogP contribution in [-0.4, -0.2) is 11.4 Å². The molecule has 13 heteroatoms. The second-order valence-electron chi connectivity index (χ2n) is 13.5. The molecule has 268 valence electrons. The third-order valence-electron chi connectivity index (χ3n) is 10.7. The Kier molecular flexibility index (Phi) is 9.14. The van der Waals surface area contributed by atoms with Crippen LogP contribution >= 0.6 is 77.4 Å². The van der Waals surface area contributed by atoms with E-state index in [9.17, 15) is 0 Å². The number of thiophene rings is 3. The molecule has 0 unspecified atom stereocenters. The molecule has 0 aliphatic carbocycles. The van der Waals surface area contributed by atoms with E-state index < -0.39 is 0 Å². The third kappa shape index (κ3) is 5.55. The third-order valence-corrected chi connectivity index (χ3v) is 13.8. The Morgan fingerprint density at radius 1 is 0.436 bits per heavy atom. The van der Waals surface area contributed by atoms with Crippen LogP contribution < -0.4 is 18.3 Å². The maximum absolute atomic E-state index is 5.17. The zero-order chi connectivity index (χ0) is 37.2. The van der Waals surface area contributed by atoms with Crippen molar-refractivity contribution in [2.75, 3.05) is 0 Å². The van der Waals surface area contributed by atoms with Crippen molar-refractivity contribution in [2.45, 2.75) is 26.2 Å². The zero-order valence-electron chi connectivity index (χ0n) is 28.8. The summed E-state index contributed by atoms with van der Waals surface area (Å²) in [6.07, 6.45) is 10.5. The lowest BCUT2D eigenvalue weighted by atomic mass is 9.99. The van der Waals surface area contributed by atoms with Crippen molar-refractivity contribution in [3.8, 4) is 9.75 Å². The molecule has 7 aromatic heterocycles. The van der Waals surface area contributed by atoms with Gasteiger partial charge in [-0.15, -0.1) is 52.3 Å². The van der Waals surface area contributed by atoms with Gasteiger partial charge in [0.15, 0.2) is 24.8 Å². The summed E-state index contributed by atoms with van der Waals surface area (Å²) in [5.41, 5.74) is 12.8. The molecule has 0 fully saturated rings. The summed E-state index contributed by atoms with van der Waals surface area (Å²) in [6, 6.07) is 30.6. The highest BCUT2D eigenvalue weighted by Gasteiger charge is 2.37. The van der Waals surface area contributed by atoms with E-state index in [1.54, 1.807) is 22.7 Å². The van der Waals surface area contributed by atoms with E-state index in [0.717, 1.165) is 31.9 Å². The van der Waals surface area contributed by atoms with Gasteiger partial charge < -0.3 is 0 Å². The van der Waals surface area contributed by atoms with E-state index in [1.165, 1.54) is 91.4 Å². The molecule has 0 radical (unpaired) electrons. The first-order valence-electron chi connectivity index (χ1n) is 17.5. The molecule has 0 saturated heterocycles. The lowest BCUT2D eigenvalue weighted by molar-refractivity contribution is -0.872. The Labute approximate surface area is 346 Å². The fraction of sp³-hybridized carbons (Fsp3) is 0.0952. The van der Waals surface area contributed by atoms with E-state index in [0.29, 0.717) is 0 Å². The molecular formula is C42H28Cl4N6S3+4. The summed E-state index contributed by atoms with van der Waals surface area (Å²) >= 11 is 5.42. The SMILES string of the molecule is ClCl.ClCl.c1csc(-c2ccc(C3=Nc4c(c5ccc[n+]6c5c5c4ccc[n+]5C6)C3)s2)c1.c1csc(C2=Nc3c(c4ccc[n+]5c4c4c3ccc[n+]4C5)C2)c1. The van der Waals surface area contributed by atoms with Crippen LogP contribution in [0.5, 0.6) is 0 Å². The molecule has 55 heavy (non-hydrogen) atoms. The molecular weight excluding hydrogens is 827 g/mol. The number of nitrogens with zero attached hydrogens (tertiary/aromatic N) is 6. The van der Waals surface area contributed by atoms with E-state index in [2.05, 4.69) is 182 Å². The van der Waals surface area contributed by atoms with Gasteiger partial charge >= 0.3 is 13.3 Å². The minimum absolute atomic E-state index is 0.887. The van der Waals surface area contributed by atoms with Crippen LogP contribution in [0, 0.1) is 0 Å². The van der Waals surface area contributed by atoms with Crippen molar-refractivity contribution in [3.05, 3.63) is 141 Å². The fourth-order valence-electron chi connectivity index (χ4n) is 8.58. The first kappa shape index (κ1) is 35.1. The summed E-state index contributed by atoms with van der Waals surface area (Å²) in [6.45, 7) is 1.78. The number of rotatable bonds is 3. The molecule has 0 atom stereocenters. The highest BCUT2D eigenvalue weighted by Crippen LogP contribution is 2.43. The quantitative estimate of drug-likeness (QED) is 0.126. The van der Waals surface area contributed by atoms with Gasteiger partial charge in [0.2, 0.25) is 0 Å². The molecule has 2 aromatic carbocycles. The minimum atomic E-state index is 0.887. The van der Waals surface area contributed by atoms with E-state index >= 15 is 0 Å². The molecule has 11 heterocycles. The van der Waals surface area contributed by atoms with Crippen molar-refractivity contribution >= 4 is 144 Å². The monoisotopic (exact) mass is 852 g/mol. The van der Waals surface area contributed by atoms with Crippen LogP contribution in [-0.2, 0) is 26.2 Å². The number of hydrogen-bond donors (Lipinski definition) is 0. The van der Waals surface area contributed by atoms with Gasteiger partial charge in [-0.25, -0.2) is 0 Å². The molecule has 0 saturated carbocycles. The fourth-order valence-corrected chi connectivity index (χ4v) is 11.1. The Hall–Kier alpha value is -4.32. The average Bonchev–Trinajstić information content (AvgIpc) is 4.10. The highest BCUT2D eigenvalue weighted by molar-refractivity contribution is 7.22. The van der Waals surface area contributed by atoms with Gasteiger partial charge in [-0.3, -0.25) is 9.98 Å². The number of aliphatic imine (C=N–C) groups is 2. The summed E-state index contributed by atoms with van der Waals surface area (Å²) in [5, 5.41) is 9.51. The maximum atomic E-state index is 5.17. The first-order chi connectivity index (χ1) is 27.3. The van der Waals surface area contributed by atoms with Crippen LogP contribution in [0.25, 0.3) is 53.4 Å². The standard InChI is InChI=1S/C23H15N3S2.C19H13N3S.2Cl2/c1-4-14-16-12-17(18-7-8-20(28-18)19-6-3-11-27-19)24-21(16)15-5-2-10-26-13-25(9-1)22(14)23(15)26;1-4-12-14-10-15(16-6-3-9-23-16)20-17(14)13-5-2-8-22-11-21(7-1)18(12)19(13)22;2*1-2/h1-11H,12-13H2;1-9H,10-11H2;;/q2*+2;;. The maximum Gasteiger partial charge on any atom is 0.345 e.